The molecule has 1 saturated heterocycles. The Labute approximate surface area is 141 Å². The van der Waals surface area contributed by atoms with Gasteiger partial charge in [-0.1, -0.05) is 12.1 Å². The molecule has 2 heterocycles. The smallest absolute Gasteiger partial charge is 0.303 e. The van der Waals surface area contributed by atoms with Crippen LogP contribution in [0.1, 0.15) is 32.6 Å². The fourth-order valence-corrected chi connectivity index (χ4v) is 3.40. The first kappa shape index (κ1) is 16.6. The monoisotopic (exact) mass is 333 g/mol. The first-order chi connectivity index (χ1) is 11.5. The van der Waals surface area contributed by atoms with Gasteiger partial charge in [-0.05, 0) is 44.2 Å². The summed E-state index contributed by atoms with van der Waals surface area (Å²) >= 11 is 0. The number of rotatable bonds is 4. The number of aliphatic carboxylic acids is 1. The van der Waals surface area contributed by atoms with Crippen LogP contribution in [0.5, 0.6) is 11.5 Å². The van der Waals surface area contributed by atoms with Crippen LogP contribution < -0.4 is 9.47 Å². The fourth-order valence-electron chi connectivity index (χ4n) is 3.40. The Hall–Kier alpha value is -2.24. The minimum Gasteiger partial charge on any atom is -0.482 e. The number of fused-ring (bicyclic) bond motifs is 1. The van der Waals surface area contributed by atoms with E-state index >= 15 is 0 Å². The summed E-state index contributed by atoms with van der Waals surface area (Å²) in [5.74, 6) is 0.635. The van der Waals surface area contributed by atoms with Gasteiger partial charge in [0.15, 0.2) is 11.5 Å². The highest BCUT2D eigenvalue weighted by atomic mass is 16.6. The van der Waals surface area contributed by atoms with E-state index in [1.807, 2.05) is 25.1 Å². The zero-order valence-corrected chi connectivity index (χ0v) is 13.8. The van der Waals surface area contributed by atoms with E-state index in [2.05, 4.69) is 0 Å². The summed E-state index contributed by atoms with van der Waals surface area (Å²) in [4.78, 5) is 25.4. The number of piperidine rings is 1. The van der Waals surface area contributed by atoms with E-state index in [0.29, 0.717) is 31.0 Å². The van der Waals surface area contributed by atoms with Crippen LogP contribution in [-0.2, 0) is 9.59 Å². The molecule has 2 aliphatic heterocycles. The molecule has 0 radical (unpaired) electrons. The van der Waals surface area contributed by atoms with E-state index < -0.39 is 12.1 Å². The summed E-state index contributed by atoms with van der Waals surface area (Å²) < 4.78 is 11.7. The highest BCUT2D eigenvalue weighted by molar-refractivity contribution is 5.82. The van der Waals surface area contributed by atoms with Crippen molar-refractivity contribution in [3.8, 4) is 11.5 Å². The van der Waals surface area contributed by atoms with Gasteiger partial charge in [0.1, 0.15) is 6.10 Å². The quantitative estimate of drug-likeness (QED) is 0.915. The number of carbonyl (C=O) groups is 2. The van der Waals surface area contributed by atoms with Crippen molar-refractivity contribution in [1.29, 1.82) is 0 Å². The van der Waals surface area contributed by atoms with Crippen LogP contribution in [0.15, 0.2) is 24.3 Å². The van der Waals surface area contributed by atoms with E-state index in [4.69, 9.17) is 14.6 Å². The molecule has 24 heavy (non-hydrogen) atoms. The van der Waals surface area contributed by atoms with E-state index in [1.54, 1.807) is 11.0 Å². The Balaban J connectivity index is 1.64. The summed E-state index contributed by atoms with van der Waals surface area (Å²) in [6, 6.07) is 7.35. The Kier molecular flexibility index (Phi) is 4.92. The van der Waals surface area contributed by atoms with Crippen LogP contribution in [0, 0.1) is 5.92 Å². The molecule has 0 unspecified atom stereocenters. The molecule has 0 saturated carbocycles. The Morgan fingerprint density at radius 3 is 2.67 bits per heavy atom. The van der Waals surface area contributed by atoms with Crippen molar-refractivity contribution in [3.63, 3.8) is 0 Å². The third-order valence-electron chi connectivity index (χ3n) is 4.68. The molecule has 1 fully saturated rings. The number of para-hydroxylation sites is 2. The molecule has 130 valence electrons. The van der Waals surface area contributed by atoms with Crippen molar-refractivity contribution in [2.75, 3.05) is 13.1 Å². The van der Waals surface area contributed by atoms with Gasteiger partial charge >= 0.3 is 5.97 Å². The minimum absolute atomic E-state index is 0.0722. The summed E-state index contributed by atoms with van der Waals surface area (Å²) in [5.41, 5.74) is 0. The normalized spacial score (nSPS) is 26.0. The number of carboxylic acid groups (broad SMARTS) is 1. The molecule has 0 bridgehead atoms. The SMILES string of the molecule is C[C@@H]1Oc2ccccc2O[C@@H]1C(=O)N1CCC[C@@H](CCC(=O)O)C1. The molecule has 1 N–H and O–H groups in total. The first-order valence-electron chi connectivity index (χ1n) is 8.47. The molecule has 1 amide bonds. The van der Waals surface area contributed by atoms with Crippen LogP contribution in [0.4, 0.5) is 0 Å². The topological polar surface area (TPSA) is 76.1 Å². The maximum atomic E-state index is 12.9. The molecule has 0 aliphatic carbocycles. The molecule has 2 aliphatic rings. The van der Waals surface area contributed by atoms with Crippen molar-refractivity contribution >= 4 is 11.9 Å². The van der Waals surface area contributed by atoms with Gasteiger partial charge in [0.25, 0.3) is 5.91 Å². The van der Waals surface area contributed by atoms with Crippen LogP contribution in [0.3, 0.4) is 0 Å². The van der Waals surface area contributed by atoms with Crippen LogP contribution in [0.25, 0.3) is 0 Å². The van der Waals surface area contributed by atoms with Crippen molar-refractivity contribution < 1.29 is 24.2 Å². The molecule has 0 spiro atoms. The third kappa shape index (κ3) is 3.63. The summed E-state index contributed by atoms with van der Waals surface area (Å²) in [6.45, 7) is 3.13. The average molecular weight is 333 g/mol. The predicted octanol–water partition coefficient (Wildman–Crippen LogP) is 2.32. The Bertz CT molecular complexity index is 617. The van der Waals surface area contributed by atoms with Gasteiger partial charge in [-0.15, -0.1) is 0 Å². The minimum atomic E-state index is -0.785. The number of ether oxygens (including phenoxy) is 2. The zero-order chi connectivity index (χ0) is 17.1. The molecular formula is C18H23NO5. The standard InChI is InChI=1S/C18H23NO5/c1-12-17(24-15-7-3-2-6-14(15)23-12)18(22)19-10-4-5-13(11-19)8-9-16(20)21/h2-3,6-7,12-13,17H,4-5,8-11H2,1H3,(H,20,21)/t12-,13-,17-/m0/s1. The van der Waals surface area contributed by atoms with Crippen LogP contribution in [-0.4, -0.2) is 47.2 Å². The van der Waals surface area contributed by atoms with Gasteiger partial charge in [0.05, 0.1) is 0 Å². The number of carbonyl (C=O) groups excluding carboxylic acids is 1. The second kappa shape index (κ2) is 7.11. The number of hydrogen-bond donors (Lipinski definition) is 1. The lowest BCUT2D eigenvalue weighted by molar-refractivity contribution is -0.146. The molecule has 6 nitrogen and oxygen atoms in total. The highest BCUT2D eigenvalue weighted by Crippen LogP contribution is 2.34. The second-order valence-electron chi connectivity index (χ2n) is 6.53. The lowest BCUT2D eigenvalue weighted by Gasteiger charge is -2.38. The maximum absolute atomic E-state index is 12.9. The van der Waals surface area contributed by atoms with E-state index in [9.17, 15) is 9.59 Å². The van der Waals surface area contributed by atoms with Gasteiger partial charge < -0.3 is 19.5 Å². The van der Waals surface area contributed by atoms with Gasteiger partial charge in [0.2, 0.25) is 6.10 Å². The van der Waals surface area contributed by atoms with Crippen molar-refractivity contribution in [3.05, 3.63) is 24.3 Å². The third-order valence-corrected chi connectivity index (χ3v) is 4.68. The lowest BCUT2D eigenvalue weighted by Crippen LogP contribution is -2.53. The van der Waals surface area contributed by atoms with Gasteiger partial charge in [-0.3, -0.25) is 9.59 Å². The molecule has 1 aromatic rings. The number of benzene rings is 1. The van der Waals surface area contributed by atoms with Gasteiger partial charge in [0, 0.05) is 19.5 Å². The first-order valence-corrected chi connectivity index (χ1v) is 8.47. The lowest BCUT2D eigenvalue weighted by atomic mass is 9.93. The number of nitrogens with zero attached hydrogens (tertiary/aromatic N) is 1. The number of likely N-dealkylation sites (tertiary alicyclic amines) is 1. The molecule has 0 aromatic heterocycles. The van der Waals surface area contributed by atoms with Gasteiger partial charge in [-0.2, -0.15) is 0 Å². The molecule has 3 atom stereocenters. The summed E-state index contributed by atoms with van der Waals surface area (Å²) in [7, 11) is 0. The fraction of sp³-hybridized carbons (Fsp3) is 0.556. The van der Waals surface area contributed by atoms with Crippen LogP contribution in [0.2, 0.25) is 0 Å². The largest absolute Gasteiger partial charge is 0.482 e. The van der Waals surface area contributed by atoms with Crippen LogP contribution >= 0.6 is 0 Å². The number of hydrogen-bond acceptors (Lipinski definition) is 4. The molecular weight excluding hydrogens is 310 g/mol. The second-order valence-corrected chi connectivity index (χ2v) is 6.53. The van der Waals surface area contributed by atoms with Gasteiger partial charge in [-0.25, -0.2) is 0 Å². The number of amides is 1. The van der Waals surface area contributed by atoms with Crippen molar-refractivity contribution in [2.24, 2.45) is 5.92 Å². The summed E-state index contributed by atoms with van der Waals surface area (Å²) in [5, 5.41) is 8.83. The average Bonchev–Trinajstić information content (AvgIpc) is 2.59. The van der Waals surface area contributed by atoms with E-state index in [-0.39, 0.29) is 24.3 Å². The Morgan fingerprint density at radius 2 is 1.96 bits per heavy atom. The predicted molar refractivity (Wildman–Crippen MR) is 87.1 cm³/mol. The zero-order valence-electron chi connectivity index (χ0n) is 13.8. The summed E-state index contributed by atoms with van der Waals surface area (Å²) in [6.07, 6.45) is 1.62. The highest BCUT2D eigenvalue weighted by Gasteiger charge is 2.38. The Morgan fingerprint density at radius 1 is 1.25 bits per heavy atom. The van der Waals surface area contributed by atoms with E-state index in [1.165, 1.54) is 0 Å². The molecule has 6 heteroatoms. The molecule has 3 rings (SSSR count). The number of carboxylic acids is 1. The van der Waals surface area contributed by atoms with Crippen molar-refractivity contribution in [1.82, 2.24) is 4.90 Å². The van der Waals surface area contributed by atoms with E-state index in [0.717, 1.165) is 12.8 Å². The molecule has 1 aromatic carbocycles. The maximum Gasteiger partial charge on any atom is 0.303 e. The van der Waals surface area contributed by atoms with Crippen molar-refractivity contribution in [2.45, 2.75) is 44.8 Å².